The van der Waals surface area contributed by atoms with Gasteiger partial charge in [-0.25, -0.2) is 4.79 Å². The Bertz CT molecular complexity index is 251. The summed E-state index contributed by atoms with van der Waals surface area (Å²) >= 11 is 0. The lowest BCUT2D eigenvalue weighted by molar-refractivity contribution is -0.151. The van der Waals surface area contributed by atoms with Crippen LogP contribution >= 0.6 is 0 Å². The van der Waals surface area contributed by atoms with Crippen LogP contribution in [0.1, 0.15) is 26.2 Å². The van der Waals surface area contributed by atoms with Crippen LogP contribution in [-0.4, -0.2) is 42.5 Å². The smallest absolute Gasteiger partial charge is 0.332 e. The first-order chi connectivity index (χ1) is 7.07. The van der Waals surface area contributed by atoms with Crippen LogP contribution < -0.4 is 5.73 Å². The lowest BCUT2D eigenvalue weighted by Crippen LogP contribution is -2.52. The van der Waals surface area contributed by atoms with Gasteiger partial charge < -0.3 is 15.4 Å². The highest BCUT2D eigenvalue weighted by Gasteiger charge is 2.32. The third kappa shape index (κ3) is 2.68. The van der Waals surface area contributed by atoms with Crippen molar-refractivity contribution in [3.05, 3.63) is 0 Å². The highest BCUT2D eigenvalue weighted by molar-refractivity contribution is 6.01. The largest absolute Gasteiger partial charge is 0.464 e. The molecule has 5 nitrogen and oxygen atoms in total. The van der Waals surface area contributed by atoms with Crippen molar-refractivity contribution >= 4 is 11.9 Å². The molecule has 5 heteroatoms. The van der Waals surface area contributed by atoms with Crippen LogP contribution in [-0.2, 0) is 14.3 Å². The molecule has 0 aliphatic heterocycles. The van der Waals surface area contributed by atoms with E-state index in [1.807, 2.05) is 0 Å². The lowest BCUT2D eigenvalue weighted by Gasteiger charge is -2.35. The van der Waals surface area contributed by atoms with Gasteiger partial charge in [0.05, 0.1) is 6.61 Å². The summed E-state index contributed by atoms with van der Waals surface area (Å²) in [7, 11) is 1.69. The predicted octanol–water partition coefficient (Wildman–Crippen LogP) is -0.112. The molecule has 1 fully saturated rings. The summed E-state index contributed by atoms with van der Waals surface area (Å²) < 4.78 is 4.69. The molecule has 0 aromatic rings. The second-order valence-electron chi connectivity index (χ2n) is 3.76. The standard InChI is InChI=1S/C10H18N2O3/c1-3-15-10(14)8(11)9(13)12(2)7-5-4-6-7/h7-8H,3-6,11H2,1-2H3. The second-order valence-corrected chi connectivity index (χ2v) is 3.76. The van der Waals surface area contributed by atoms with Crippen molar-refractivity contribution < 1.29 is 14.3 Å². The first-order valence-electron chi connectivity index (χ1n) is 5.26. The first-order valence-corrected chi connectivity index (χ1v) is 5.26. The predicted molar refractivity (Wildman–Crippen MR) is 55.0 cm³/mol. The maximum absolute atomic E-state index is 11.7. The van der Waals surface area contributed by atoms with E-state index >= 15 is 0 Å². The Morgan fingerprint density at radius 1 is 1.53 bits per heavy atom. The fourth-order valence-electron chi connectivity index (χ4n) is 1.51. The molecule has 1 unspecified atom stereocenters. The van der Waals surface area contributed by atoms with Gasteiger partial charge in [-0.1, -0.05) is 0 Å². The van der Waals surface area contributed by atoms with Crippen LogP contribution in [0.25, 0.3) is 0 Å². The molecule has 1 amide bonds. The molecule has 15 heavy (non-hydrogen) atoms. The highest BCUT2D eigenvalue weighted by Crippen LogP contribution is 2.23. The molecule has 0 saturated heterocycles. The third-order valence-corrected chi connectivity index (χ3v) is 2.78. The average molecular weight is 214 g/mol. The fourth-order valence-corrected chi connectivity index (χ4v) is 1.51. The molecule has 1 saturated carbocycles. The van der Waals surface area contributed by atoms with E-state index in [0.29, 0.717) is 0 Å². The minimum Gasteiger partial charge on any atom is -0.464 e. The number of hydrogen-bond donors (Lipinski definition) is 1. The van der Waals surface area contributed by atoms with Crippen molar-refractivity contribution in [1.29, 1.82) is 0 Å². The van der Waals surface area contributed by atoms with E-state index < -0.39 is 12.0 Å². The average Bonchev–Trinajstić information content (AvgIpc) is 2.13. The molecule has 0 radical (unpaired) electrons. The number of amides is 1. The van der Waals surface area contributed by atoms with E-state index in [-0.39, 0.29) is 18.6 Å². The van der Waals surface area contributed by atoms with Crippen molar-refractivity contribution in [3.63, 3.8) is 0 Å². The monoisotopic (exact) mass is 214 g/mol. The molecule has 0 aromatic heterocycles. The van der Waals surface area contributed by atoms with Crippen LogP contribution in [0.2, 0.25) is 0 Å². The third-order valence-electron chi connectivity index (χ3n) is 2.78. The van der Waals surface area contributed by atoms with Crippen molar-refractivity contribution in [1.82, 2.24) is 4.90 Å². The molecule has 2 N–H and O–H groups in total. The van der Waals surface area contributed by atoms with Crippen LogP contribution in [0.15, 0.2) is 0 Å². The molecular weight excluding hydrogens is 196 g/mol. The minimum atomic E-state index is -1.17. The van der Waals surface area contributed by atoms with Crippen molar-refractivity contribution in [3.8, 4) is 0 Å². The summed E-state index contributed by atoms with van der Waals surface area (Å²) in [5.41, 5.74) is 5.50. The van der Waals surface area contributed by atoms with Gasteiger partial charge in [0, 0.05) is 13.1 Å². The molecule has 0 heterocycles. The molecule has 1 rings (SSSR count). The van der Waals surface area contributed by atoms with Crippen LogP contribution in [0, 0.1) is 0 Å². The number of carbonyl (C=O) groups is 2. The number of nitrogens with two attached hydrogens (primary N) is 1. The Balaban J connectivity index is 2.47. The van der Waals surface area contributed by atoms with Crippen molar-refractivity contribution in [2.45, 2.75) is 38.3 Å². The SMILES string of the molecule is CCOC(=O)C(N)C(=O)N(C)C1CCC1. The maximum atomic E-state index is 11.7. The summed E-state index contributed by atoms with van der Waals surface area (Å²) in [6.45, 7) is 1.93. The number of esters is 1. The number of nitrogens with zero attached hydrogens (tertiary/aromatic N) is 1. The Hall–Kier alpha value is -1.10. The quantitative estimate of drug-likeness (QED) is 0.523. The fraction of sp³-hybridized carbons (Fsp3) is 0.800. The molecule has 1 atom stereocenters. The lowest BCUT2D eigenvalue weighted by atomic mass is 9.91. The van der Waals surface area contributed by atoms with Gasteiger partial charge >= 0.3 is 5.97 Å². The Morgan fingerprint density at radius 3 is 2.53 bits per heavy atom. The van der Waals surface area contributed by atoms with Gasteiger partial charge in [0.25, 0.3) is 5.91 Å². The minimum absolute atomic E-state index is 0.243. The Morgan fingerprint density at radius 2 is 2.13 bits per heavy atom. The van der Waals surface area contributed by atoms with Crippen molar-refractivity contribution in [2.75, 3.05) is 13.7 Å². The van der Waals surface area contributed by atoms with Gasteiger partial charge in [0.1, 0.15) is 0 Å². The summed E-state index contributed by atoms with van der Waals surface area (Å²) in [6, 6.07) is -0.923. The van der Waals surface area contributed by atoms with Gasteiger partial charge in [0.2, 0.25) is 0 Å². The molecular formula is C10H18N2O3. The maximum Gasteiger partial charge on any atom is 0.332 e. The number of ether oxygens (including phenoxy) is 1. The number of hydrogen-bond acceptors (Lipinski definition) is 4. The van der Waals surface area contributed by atoms with E-state index in [0.717, 1.165) is 19.3 Å². The van der Waals surface area contributed by atoms with Gasteiger partial charge in [0.15, 0.2) is 6.04 Å². The van der Waals surface area contributed by atoms with E-state index in [9.17, 15) is 9.59 Å². The number of likely N-dealkylation sites (N-methyl/N-ethyl adjacent to an activating group) is 1. The molecule has 0 aromatic carbocycles. The highest BCUT2D eigenvalue weighted by atomic mass is 16.5. The van der Waals surface area contributed by atoms with E-state index in [1.54, 1.807) is 18.9 Å². The zero-order valence-electron chi connectivity index (χ0n) is 9.23. The van der Waals surface area contributed by atoms with E-state index in [4.69, 9.17) is 10.5 Å². The van der Waals surface area contributed by atoms with Crippen LogP contribution in [0.5, 0.6) is 0 Å². The Kier molecular flexibility index (Phi) is 4.08. The summed E-state index contributed by atoms with van der Waals surface area (Å²) in [5.74, 6) is -0.994. The first kappa shape index (κ1) is 12.0. The molecule has 0 bridgehead atoms. The zero-order chi connectivity index (χ0) is 11.4. The van der Waals surface area contributed by atoms with Crippen LogP contribution in [0.4, 0.5) is 0 Å². The van der Waals surface area contributed by atoms with Gasteiger partial charge in [-0.15, -0.1) is 0 Å². The molecule has 1 aliphatic rings. The van der Waals surface area contributed by atoms with Crippen molar-refractivity contribution in [2.24, 2.45) is 5.73 Å². The normalized spacial score (nSPS) is 17.8. The number of rotatable bonds is 4. The van der Waals surface area contributed by atoms with Gasteiger partial charge in [-0.05, 0) is 26.2 Å². The van der Waals surface area contributed by atoms with E-state index in [2.05, 4.69) is 0 Å². The summed E-state index contributed by atoms with van der Waals surface area (Å²) in [4.78, 5) is 24.5. The topological polar surface area (TPSA) is 72.6 Å². The molecule has 1 aliphatic carbocycles. The summed E-state index contributed by atoms with van der Waals surface area (Å²) in [6.07, 6.45) is 3.13. The summed E-state index contributed by atoms with van der Waals surface area (Å²) in [5, 5.41) is 0. The molecule has 0 spiro atoms. The van der Waals surface area contributed by atoms with Crippen LogP contribution in [0.3, 0.4) is 0 Å². The van der Waals surface area contributed by atoms with Gasteiger partial charge in [-0.2, -0.15) is 0 Å². The second kappa shape index (κ2) is 5.11. The zero-order valence-corrected chi connectivity index (χ0v) is 9.23. The van der Waals surface area contributed by atoms with E-state index in [1.165, 1.54) is 0 Å². The number of carbonyl (C=O) groups excluding carboxylic acids is 2. The molecule has 86 valence electrons. The van der Waals surface area contributed by atoms with Gasteiger partial charge in [-0.3, -0.25) is 4.79 Å². The Labute approximate surface area is 89.6 Å².